The Kier molecular flexibility index (Phi) is 13.2. The smallest absolute Gasteiger partial charge is 0.421 e. The fourth-order valence-corrected chi connectivity index (χ4v) is 11.8. The van der Waals surface area contributed by atoms with Crippen molar-refractivity contribution in [3.63, 3.8) is 0 Å². The van der Waals surface area contributed by atoms with Crippen molar-refractivity contribution in [1.29, 1.82) is 0 Å². The largest absolute Gasteiger partial charge is 0.491 e. The number of rotatable bonds is 11. The van der Waals surface area contributed by atoms with Gasteiger partial charge >= 0.3 is 12.1 Å². The summed E-state index contributed by atoms with van der Waals surface area (Å²) in [4.78, 5) is 70.4. The molecule has 14 nitrogen and oxygen atoms in total. The van der Waals surface area contributed by atoms with Crippen LogP contribution in [0.15, 0.2) is 127 Å². The van der Waals surface area contributed by atoms with E-state index in [0.29, 0.717) is 40.6 Å². The van der Waals surface area contributed by atoms with Gasteiger partial charge in [0.05, 0.1) is 47.1 Å². The van der Waals surface area contributed by atoms with E-state index in [2.05, 4.69) is 17.2 Å². The first-order valence-corrected chi connectivity index (χ1v) is 24.5. The highest BCUT2D eigenvalue weighted by atomic mass is 32.1. The summed E-state index contributed by atoms with van der Waals surface area (Å²) in [6, 6.07) is 34.5. The van der Waals surface area contributed by atoms with Crippen molar-refractivity contribution in [3.05, 3.63) is 155 Å². The van der Waals surface area contributed by atoms with Crippen molar-refractivity contribution >= 4 is 56.2 Å². The minimum absolute atomic E-state index is 0.0376. The summed E-state index contributed by atoms with van der Waals surface area (Å²) in [5, 5.41) is 25.1. The molecular weight excluding hydrogens is 909 g/mol. The number of anilines is 2. The topological polar surface area (TPSA) is 177 Å². The summed E-state index contributed by atoms with van der Waals surface area (Å²) in [6.45, 7) is -0.613. The van der Waals surface area contributed by atoms with Gasteiger partial charge in [-0.15, -0.1) is 0 Å². The van der Waals surface area contributed by atoms with Crippen molar-refractivity contribution < 1.29 is 48.3 Å². The molecule has 3 fully saturated rings. The van der Waals surface area contributed by atoms with Gasteiger partial charge in [0.15, 0.2) is 5.13 Å². The maximum atomic E-state index is 16.6. The number of cyclic esters (lactones) is 1. The highest BCUT2D eigenvalue weighted by Gasteiger charge is 2.76. The van der Waals surface area contributed by atoms with E-state index < -0.39 is 65.0 Å². The number of aliphatic hydroxyl groups is 2. The zero-order valence-electron chi connectivity index (χ0n) is 38.5. The molecule has 358 valence electrons. The first-order valence-electron chi connectivity index (χ1n) is 23.6. The van der Waals surface area contributed by atoms with E-state index in [-0.39, 0.29) is 48.6 Å². The van der Waals surface area contributed by atoms with Crippen LogP contribution in [-0.4, -0.2) is 89.2 Å². The third-order valence-electron chi connectivity index (χ3n) is 13.9. The molecule has 0 bridgehead atoms. The maximum Gasteiger partial charge on any atom is 0.421 e. The Balaban J connectivity index is 1.28. The third-order valence-corrected chi connectivity index (χ3v) is 14.8. The molecule has 1 saturated carbocycles. The molecule has 3 aliphatic heterocycles. The highest BCUT2D eigenvalue weighted by molar-refractivity contribution is 7.22. The van der Waals surface area contributed by atoms with Gasteiger partial charge in [0, 0.05) is 18.2 Å². The summed E-state index contributed by atoms with van der Waals surface area (Å²) in [7, 11) is 1.46. The SMILES string of the molecule is COCCOC(=O)N1C(=O)[C@@]2(c3cc(C#CC4(O)CCCCCC4)ccc31)[C@H](c1ccccc1OCCO)N1[C@H](c3ccccc3)[C@H](c3ccccc3)OC(=O)[C@H]1[C@@H]2C(=O)Nc1nc2ccccc2s1. The lowest BCUT2D eigenvalue weighted by molar-refractivity contribution is -0.177. The molecule has 4 aliphatic rings. The number of hydrogen-bond donors (Lipinski definition) is 3. The van der Waals surface area contributed by atoms with Crippen molar-refractivity contribution in [3.8, 4) is 17.6 Å². The van der Waals surface area contributed by atoms with Gasteiger partial charge in [0.25, 0.3) is 0 Å². The first-order chi connectivity index (χ1) is 34.2. The van der Waals surface area contributed by atoms with E-state index in [1.54, 1.807) is 42.5 Å². The molecule has 4 heterocycles. The number of carbonyl (C=O) groups excluding carboxylic acids is 4. The summed E-state index contributed by atoms with van der Waals surface area (Å²) in [5.41, 5.74) is -0.253. The molecule has 1 aromatic heterocycles. The molecule has 6 aromatic rings. The van der Waals surface area contributed by atoms with E-state index in [0.717, 1.165) is 35.3 Å². The Morgan fingerprint density at radius 1 is 0.843 bits per heavy atom. The molecule has 1 aliphatic carbocycles. The van der Waals surface area contributed by atoms with Gasteiger partial charge in [0.1, 0.15) is 42.1 Å². The minimum atomic E-state index is -2.16. The van der Waals surface area contributed by atoms with Gasteiger partial charge in [0.2, 0.25) is 11.8 Å². The number of amides is 3. The Morgan fingerprint density at radius 2 is 1.54 bits per heavy atom. The Morgan fingerprint density at radius 3 is 2.27 bits per heavy atom. The second-order valence-corrected chi connectivity index (χ2v) is 19.1. The van der Waals surface area contributed by atoms with E-state index in [1.165, 1.54) is 18.4 Å². The minimum Gasteiger partial charge on any atom is -0.491 e. The molecule has 10 rings (SSSR count). The molecule has 3 amide bonds. The number of nitrogens with zero attached hydrogens (tertiary/aromatic N) is 3. The zero-order valence-corrected chi connectivity index (χ0v) is 39.3. The number of aliphatic hydroxyl groups excluding tert-OH is 1. The lowest BCUT2D eigenvalue weighted by Gasteiger charge is -2.46. The third kappa shape index (κ3) is 8.39. The lowest BCUT2D eigenvalue weighted by atomic mass is 9.65. The number of carbonyl (C=O) groups is 4. The highest BCUT2D eigenvalue weighted by Crippen LogP contribution is 2.67. The summed E-state index contributed by atoms with van der Waals surface area (Å²) >= 11 is 1.24. The number of ether oxygens (including phenoxy) is 4. The first kappa shape index (κ1) is 46.8. The maximum absolute atomic E-state index is 16.6. The average molecular weight is 961 g/mol. The number of nitrogens with one attached hydrogen (secondary N) is 1. The number of para-hydroxylation sites is 2. The van der Waals surface area contributed by atoms with Crippen LogP contribution in [0.1, 0.15) is 84.5 Å². The van der Waals surface area contributed by atoms with Crippen LogP contribution in [0.25, 0.3) is 10.2 Å². The van der Waals surface area contributed by atoms with Gasteiger partial charge in [-0.3, -0.25) is 19.3 Å². The Bertz CT molecular complexity index is 2950. The monoisotopic (exact) mass is 960 g/mol. The molecular formula is C55H52N4O10S. The van der Waals surface area contributed by atoms with Gasteiger partial charge < -0.3 is 34.5 Å². The van der Waals surface area contributed by atoms with Gasteiger partial charge in [-0.2, -0.15) is 0 Å². The van der Waals surface area contributed by atoms with Crippen LogP contribution in [0.5, 0.6) is 5.75 Å². The molecule has 3 N–H and O–H groups in total. The molecule has 0 radical (unpaired) electrons. The molecule has 5 aromatic carbocycles. The quantitative estimate of drug-likeness (QED) is 0.0492. The van der Waals surface area contributed by atoms with Crippen LogP contribution in [0.2, 0.25) is 0 Å². The van der Waals surface area contributed by atoms with E-state index >= 15 is 14.4 Å². The number of hydrogen-bond acceptors (Lipinski definition) is 13. The second kappa shape index (κ2) is 19.8. The number of fused-ring (bicyclic) bond motifs is 4. The number of benzene rings is 5. The summed E-state index contributed by atoms with van der Waals surface area (Å²) in [6.07, 6.45) is 2.63. The molecule has 6 atom stereocenters. The van der Waals surface area contributed by atoms with Crippen molar-refractivity contribution in [2.75, 3.05) is 43.8 Å². The number of morpholine rings is 1. The fraction of sp³-hybridized carbons (Fsp3) is 0.327. The van der Waals surface area contributed by atoms with Crippen LogP contribution in [0, 0.1) is 17.8 Å². The number of thiazole rings is 1. The van der Waals surface area contributed by atoms with Crippen molar-refractivity contribution in [2.24, 2.45) is 5.92 Å². The van der Waals surface area contributed by atoms with Crippen molar-refractivity contribution in [2.45, 2.75) is 73.8 Å². The summed E-state index contributed by atoms with van der Waals surface area (Å²) in [5.74, 6) is 2.67. The fourth-order valence-electron chi connectivity index (χ4n) is 10.9. The van der Waals surface area contributed by atoms with E-state index in [1.807, 2.05) is 89.8 Å². The Labute approximate surface area is 409 Å². The van der Waals surface area contributed by atoms with Gasteiger partial charge in [-0.1, -0.05) is 127 Å². The average Bonchev–Trinajstić information content (AvgIpc) is 3.95. The number of imide groups is 1. The Hall–Kier alpha value is -6.93. The number of methoxy groups -OCH3 is 1. The van der Waals surface area contributed by atoms with Crippen LogP contribution in [0.4, 0.5) is 15.6 Å². The standard InChI is InChI=1S/C55H52N4O10S/c1-66-32-33-68-53(64)58-41-25-24-35(26-29-54(65)27-14-2-3-15-28-54)34-39(41)55(51(58)63)44(49(61)57-52-56-40-21-11-13-23-43(40)70-52)46-50(62)69-47(37-18-8-5-9-19-37)45(36-16-6-4-7-17-36)59(46)48(55)38-20-10-12-22-42(38)67-31-30-60/h4-13,16-25,34,44-48,60,65H,2-3,14-15,27-28,30-33H2,1H3,(H,56,57,61)/t44-,45-,46-,47+,48+,55-/m1/s1. The molecule has 0 unspecified atom stereocenters. The van der Waals surface area contributed by atoms with E-state index in [4.69, 9.17) is 23.9 Å². The van der Waals surface area contributed by atoms with Crippen LogP contribution < -0.4 is 15.0 Å². The van der Waals surface area contributed by atoms with Gasteiger partial charge in [-0.05, 0) is 78.8 Å². The second-order valence-electron chi connectivity index (χ2n) is 18.0. The van der Waals surface area contributed by atoms with Gasteiger partial charge in [-0.25, -0.2) is 14.7 Å². The predicted molar refractivity (Wildman–Crippen MR) is 262 cm³/mol. The number of aromatic nitrogens is 1. The molecule has 15 heteroatoms. The van der Waals surface area contributed by atoms with Crippen LogP contribution in [-0.2, 0) is 34.0 Å². The molecule has 1 spiro atoms. The van der Waals surface area contributed by atoms with Crippen molar-refractivity contribution in [1.82, 2.24) is 9.88 Å². The van der Waals surface area contributed by atoms with Crippen LogP contribution in [0.3, 0.4) is 0 Å². The van der Waals surface area contributed by atoms with E-state index in [9.17, 15) is 15.0 Å². The predicted octanol–water partition coefficient (Wildman–Crippen LogP) is 8.19. The summed E-state index contributed by atoms with van der Waals surface area (Å²) < 4.78 is 24.7. The molecule has 70 heavy (non-hydrogen) atoms. The van der Waals surface area contributed by atoms with Crippen LogP contribution >= 0.6 is 11.3 Å². The molecule has 2 saturated heterocycles. The lowest BCUT2D eigenvalue weighted by Crippen LogP contribution is -2.54. The normalized spacial score (nSPS) is 23.7. The zero-order chi connectivity index (χ0) is 48.4. The number of esters is 1.